The SMILES string of the molecule is O=C(NCCCN1CCc2ccccc2C1)C1CC2CCCCC2N1. The van der Waals surface area contributed by atoms with Crippen molar-refractivity contribution in [1.29, 1.82) is 0 Å². The second kappa shape index (κ2) is 7.88. The predicted molar refractivity (Wildman–Crippen MR) is 100 cm³/mol. The molecule has 2 N–H and O–H groups in total. The molecule has 0 radical (unpaired) electrons. The van der Waals surface area contributed by atoms with Gasteiger partial charge in [0.1, 0.15) is 0 Å². The molecule has 1 saturated heterocycles. The molecule has 2 heterocycles. The van der Waals surface area contributed by atoms with E-state index in [4.69, 9.17) is 0 Å². The Balaban J connectivity index is 1.16. The van der Waals surface area contributed by atoms with Crippen LogP contribution in [0.3, 0.4) is 0 Å². The van der Waals surface area contributed by atoms with Gasteiger partial charge in [-0.1, -0.05) is 37.1 Å². The molecule has 136 valence electrons. The number of rotatable bonds is 5. The van der Waals surface area contributed by atoms with E-state index in [9.17, 15) is 4.79 Å². The zero-order valence-corrected chi connectivity index (χ0v) is 15.2. The molecule has 4 rings (SSSR count). The van der Waals surface area contributed by atoms with E-state index in [0.717, 1.165) is 51.4 Å². The van der Waals surface area contributed by atoms with Crippen LogP contribution in [0.5, 0.6) is 0 Å². The quantitative estimate of drug-likeness (QED) is 0.809. The Labute approximate surface area is 151 Å². The Kier molecular flexibility index (Phi) is 5.37. The van der Waals surface area contributed by atoms with Gasteiger partial charge in [-0.15, -0.1) is 0 Å². The Bertz CT molecular complexity index is 589. The van der Waals surface area contributed by atoms with Gasteiger partial charge in [-0.2, -0.15) is 0 Å². The molecule has 3 atom stereocenters. The molecule has 1 aromatic rings. The van der Waals surface area contributed by atoms with Crippen molar-refractivity contribution in [2.24, 2.45) is 5.92 Å². The second-order valence-electron chi connectivity index (χ2n) is 8.05. The Morgan fingerprint density at radius 2 is 2.04 bits per heavy atom. The molecule has 3 unspecified atom stereocenters. The number of fused-ring (bicyclic) bond motifs is 2. The van der Waals surface area contributed by atoms with Crippen LogP contribution in [-0.2, 0) is 17.8 Å². The van der Waals surface area contributed by atoms with Crippen molar-refractivity contribution in [2.75, 3.05) is 19.6 Å². The third-order valence-corrected chi connectivity index (χ3v) is 6.34. The van der Waals surface area contributed by atoms with Gasteiger partial charge in [-0.25, -0.2) is 0 Å². The highest BCUT2D eigenvalue weighted by atomic mass is 16.2. The Morgan fingerprint density at radius 1 is 1.20 bits per heavy atom. The molecule has 1 saturated carbocycles. The van der Waals surface area contributed by atoms with Gasteiger partial charge in [-0.05, 0) is 49.1 Å². The maximum Gasteiger partial charge on any atom is 0.237 e. The number of hydrogen-bond donors (Lipinski definition) is 2. The summed E-state index contributed by atoms with van der Waals surface area (Å²) < 4.78 is 0. The summed E-state index contributed by atoms with van der Waals surface area (Å²) in [5, 5.41) is 6.74. The first-order valence-corrected chi connectivity index (χ1v) is 10.1. The van der Waals surface area contributed by atoms with Crippen molar-refractivity contribution in [3.63, 3.8) is 0 Å². The van der Waals surface area contributed by atoms with Crippen molar-refractivity contribution >= 4 is 5.91 Å². The minimum absolute atomic E-state index is 0.0509. The summed E-state index contributed by atoms with van der Waals surface area (Å²) in [6.07, 6.45) is 8.45. The highest BCUT2D eigenvalue weighted by Crippen LogP contribution is 2.33. The van der Waals surface area contributed by atoms with Gasteiger partial charge in [0.05, 0.1) is 6.04 Å². The van der Waals surface area contributed by atoms with E-state index < -0.39 is 0 Å². The molecule has 4 nitrogen and oxygen atoms in total. The first kappa shape index (κ1) is 17.0. The van der Waals surface area contributed by atoms with Crippen molar-refractivity contribution in [3.05, 3.63) is 35.4 Å². The Hall–Kier alpha value is -1.39. The van der Waals surface area contributed by atoms with Crippen molar-refractivity contribution in [3.8, 4) is 0 Å². The number of hydrogen-bond acceptors (Lipinski definition) is 3. The average Bonchev–Trinajstić information content (AvgIpc) is 3.09. The van der Waals surface area contributed by atoms with Crippen LogP contribution in [-0.4, -0.2) is 42.5 Å². The number of nitrogens with one attached hydrogen (secondary N) is 2. The summed E-state index contributed by atoms with van der Waals surface area (Å²) in [4.78, 5) is 14.9. The van der Waals surface area contributed by atoms with Gasteiger partial charge >= 0.3 is 0 Å². The fraction of sp³-hybridized carbons (Fsp3) is 0.667. The van der Waals surface area contributed by atoms with Crippen LogP contribution < -0.4 is 10.6 Å². The van der Waals surface area contributed by atoms with Gasteiger partial charge < -0.3 is 10.6 Å². The van der Waals surface area contributed by atoms with E-state index in [1.807, 2.05) is 0 Å². The normalized spacial score (nSPS) is 29.0. The zero-order chi connectivity index (χ0) is 17.1. The van der Waals surface area contributed by atoms with Crippen LogP contribution in [0.15, 0.2) is 24.3 Å². The number of amides is 1. The molecule has 0 bridgehead atoms. The topological polar surface area (TPSA) is 44.4 Å². The molecule has 0 spiro atoms. The van der Waals surface area contributed by atoms with E-state index in [2.05, 4.69) is 39.8 Å². The number of carbonyl (C=O) groups is 1. The lowest BCUT2D eigenvalue weighted by Crippen LogP contribution is -2.43. The molecular weight excluding hydrogens is 310 g/mol. The zero-order valence-electron chi connectivity index (χ0n) is 15.2. The van der Waals surface area contributed by atoms with Crippen LogP contribution in [0.4, 0.5) is 0 Å². The second-order valence-corrected chi connectivity index (χ2v) is 8.05. The average molecular weight is 341 g/mol. The van der Waals surface area contributed by atoms with Crippen LogP contribution in [0.1, 0.15) is 49.7 Å². The molecule has 2 fully saturated rings. The maximum atomic E-state index is 12.4. The van der Waals surface area contributed by atoms with Gasteiger partial charge in [0.15, 0.2) is 0 Å². The molecule has 1 amide bonds. The van der Waals surface area contributed by atoms with E-state index in [-0.39, 0.29) is 11.9 Å². The van der Waals surface area contributed by atoms with Crippen LogP contribution in [0.25, 0.3) is 0 Å². The summed E-state index contributed by atoms with van der Waals surface area (Å²) in [6, 6.07) is 9.41. The summed E-state index contributed by atoms with van der Waals surface area (Å²) in [5.41, 5.74) is 2.97. The summed E-state index contributed by atoms with van der Waals surface area (Å²) in [6.45, 7) is 4.05. The van der Waals surface area contributed by atoms with E-state index in [0.29, 0.717) is 6.04 Å². The summed E-state index contributed by atoms with van der Waals surface area (Å²) in [5.74, 6) is 0.955. The predicted octanol–water partition coefficient (Wildman–Crippen LogP) is 2.47. The molecule has 2 aliphatic heterocycles. The van der Waals surface area contributed by atoms with Crippen molar-refractivity contribution in [2.45, 2.75) is 63.6 Å². The molecule has 3 aliphatic rings. The number of carbonyl (C=O) groups excluding carboxylic acids is 1. The van der Waals surface area contributed by atoms with Crippen molar-refractivity contribution in [1.82, 2.24) is 15.5 Å². The van der Waals surface area contributed by atoms with E-state index >= 15 is 0 Å². The third-order valence-electron chi connectivity index (χ3n) is 6.34. The molecule has 25 heavy (non-hydrogen) atoms. The highest BCUT2D eigenvalue weighted by Gasteiger charge is 2.37. The van der Waals surface area contributed by atoms with Crippen molar-refractivity contribution < 1.29 is 4.79 Å². The minimum Gasteiger partial charge on any atom is -0.355 e. The fourth-order valence-electron chi connectivity index (χ4n) is 4.90. The van der Waals surface area contributed by atoms with Crippen LogP contribution in [0.2, 0.25) is 0 Å². The molecular formula is C21H31N3O. The maximum absolute atomic E-state index is 12.4. The molecule has 1 aliphatic carbocycles. The largest absolute Gasteiger partial charge is 0.355 e. The molecule has 0 aromatic heterocycles. The van der Waals surface area contributed by atoms with E-state index in [1.54, 1.807) is 0 Å². The van der Waals surface area contributed by atoms with Gasteiger partial charge in [-0.3, -0.25) is 9.69 Å². The smallest absolute Gasteiger partial charge is 0.237 e. The minimum atomic E-state index is 0.0509. The van der Waals surface area contributed by atoms with Gasteiger partial charge in [0.2, 0.25) is 5.91 Å². The van der Waals surface area contributed by atoms with Crippen LogP contribution >= 0.6 is 0 Å². The first-order chi connectivity index (χ1) is 12.3. The number of benzene rings is 1. The van der Waals surface area contributed by atoms with Gasteiger partial charge in [0.25, 0.3) is 0 Å². The highest BCUT2D eigenvalue weighted by molar-refractivity contribution is 5.82. The summed E-state index contributed by atoms with van der Waals surface area (Å²) >= 11 is 0. The van der Waals surface area contributed by atoms with Crippen LogP contribution in [0, 0.1) is 5.92 Å². The Morgan fingerprint density at radius 3 is 2.92 bits per heavy atom. The third kappa shape index (κ3) is 4.06. The lowest BCUT2D eigenvalue weighted by molar-refractivity contribution is -0.122. The lowest BCUT2D eigenvalue weighted by atomic mass is 9.85. The van der Waals surface area contributed by atoms with E-state index in [1.165, 1.54) is 36.8 Å². The lowest BCUT2D eigenvalue weighted by Gasteiger charge is -2.28. The first-order valence-electron chi connectivity index (χ1n) is 10.1. The standard InChI is InChI=1S/C21H31N3O/c25-21(20-14-17-7-3-4-9-19(17)23-20)22-11-5-12-24-13-10-16-6-1-2-8-18(16)15-24/h1-2,6,8,17,19-20,23H,3-5,7,9-15H2,(H,22,25). The molecule has 4 heteroatoms. The monoisotopic (exact) mass is 341 g/mol. The summed E-state index contributed by atoms with van der Waals surface area (Å²) in [7, 11) is 0. The fourth-order valence-corrected chi connectivity index (χ4v) is 4.90. The number of nitrogens with zero attached hydrogens (tertiary/aromatic N) is 1. The van der Waals surface area contributed by atoms with Gasteiger partial charge in [0, 0.05) is 32.2 Å². The molecule has 1 aromatic carbocycles.